The number of rotatable bonds is 3. The highest BCUT2D eigenvalue weighted by atomic mass is 32.1. The lowest BCUT2D eigenvalue weighted by Gasteiger charge is -2.32. The summed E-state index contributed by atoms with van der Waals surface area (Å²) in [5.74, 6) is 0. The molecular weight excluding hydrogens is 312 g/mol. The zero-order chi connectivity index (χ0) is 17.2. The molecule has 0 bridgehead atoms. The summed E-state index contributed by atoms with van der Waals surface area (Å²) in [6.07, 6.45) is 4.75. The first-order valence-electron chi connectivity index (χ1n) is 8.71. The number of benzene rings is 2. The molecule has 0 saturated heterocycles. The summed E-state index contributed by atoms with van der Waals surface area (Å²) in [5.41, 5.74) is 6.15. The summed E-state index contributed by atoms with van der Waals surface area (Å²) in [5, 5.41) is 7.72. The van der Waals surface area contributed by atoms with Gasteiger partial charge in [-0.3, -0.25) is 0 Å². The van der Waals surface area contributed by atoms with Gasteiger partial charge in [-0.2, -0.15) is 0 Å². The van der Waals surface area contributed by atoms with Crippen molar-refractivity contribution < 1.29 is 0 Å². The number of aryl methyl sites for hydroxylation is 3. The van der Waals surface area contributed by atoms with Gasteiger partial charge in [0.05, 0.1) is 5.54 Å². The van der Waals surface area contributed by atoms with E-state index >= 15 is 0 Å². The molecule has 3 rings (SSSR count). The van der Waals surface area contributed by atoms with E-state index < -0.39 is 0 Å². The minimum absolute atomic E-state index is 0.0311. The third-order valence-corrected chi connectivity index (χ3v) is 5.10. The molecule has 0 amide bonds. The van der Waals surface area contributed by atoms with Crippen molar-refractivity contribution in [3.8, 4) is 0 Å². The van der Waals surface area contributed by atoms with Crippen LogP contribution in [0.5, 0.6) is 0 Å². The highest BCUT2D eigenvalue weighted by Gasteiger charge is 2.36. The van der Waals surface area contributed by atoms with Crippen LogP contribution in [0.25, 0.3) is 0 Å². The average Bonchev–Trinajstić information content (AvgIpc) is 2.96. The van der Waals surface area contributed by atoms with Gasteiger partial charge in [-0.15, -0.1) is 0 Å². The van der Waals surface area contributed by atoms with Crippen LogP contribution in [0.1, 0.15) is 47.9 Å². The lowest BCUT2D eigenvalue weighted by molar-refractivity contribution is 0.408. The molecule has 24 heavy (non-hydrogen) atoms. The average molecular weight is 339 g/mol. The van der Waals surface area contributed by atoms with Gasteiger partial charge < -0.3 is 10.6 Å². The number of anilines is 1. The fourth-order valence-electron chi connectivity index (χ4n) is 3.76. The molecule has 0 spiro atoms. The minimum Gasteiger partial charge on any atom is -0.353 e. The molecule has 126 valence electrons. The van der Waals surface area contributed by atoms with E-state index in [2.05, 4.69) is 73.9 Å². The molecule has 0 unspecified atom stereocenters. The second-order valence-electron chi connectivity index (χ2n) is 7.11. The molecule has 0 atom stereocenters. The summed E-state index contributed by atoms with van der Waals surface area (Å²) >= 11 is 5.63. The van der Waals surface area contributed by atoms with Crippen LogP contribution in [0.15, 0.2) is 42.5 Å². The Morgan fingerprint density at radius 2 is 1.46 bits per heavy atom. The number of hydrogen-bond donors (Lipinski definition) is 2. The van der Waals surface area contributed by atoms with Gasteiger partial charge in [0, 0.05) is 5.69 Å². The van der Waals surface area contributed by atoms with Gasteiger partial charge in [0.2, 0.25) is 0 Å². The predicted octanol–water partition coefficient (Wildman–Crippen LogP) is 5.37. The molecule has 0 heterocycles. The molecule has 1 saturated carbocycles. The smallest absolute Gasteiger partial charge is 0.171 e. The Kier molecular flexibility index (Phi) is 4.91. The van der Waals surface area contributed by atoms with E-state index in [1.165, 1.54) is 35.1 Å². The van der Waals surface area contributed by atoms with Gasteiger partial charge in [0.1, 0.15) is 0 Å². The first kappa shape index (κ1) is 17.0. The Hall–Kier alpha value is -1.87. The maximum Gasteiger partial charge on any atom is 0.171 e. The van der Waals surface area contributed by atoms with Crippen molar-refractivity contribution in [2.75, 3.05) is 5.32 Å². The standard InChI is InChI=1S/C21H26N2S/c1-15-6-8-18(9-7-15)21(10-4-5-11-21)23-20(24)22-19-13-16(2)12-17(3)14-19/h6-9,12-14H,4-5,10-11H2,1-3H3,(H2,22,23,24). The van der Waals surface area contributed by atoms with E-state index in [9.17, 15) is 0 Å². The number of nitrogens with one attached hydrogen (secondary N) is 2. The Balaban J connectivity index is 1.78. The van der Waals surface area contributed by atoms with E-state index in [1.807, 2.05) is 0 Å². The van der Waals surface area contributed by atoms with E-state index in [4.69, 9.17) is 12.2 Å². The van der Waals surface area contributed by atoms with Crippen molar-refractivity contribution in [2.24, 2.45) is 0 Å². The topological polar surface area (TPSA) is 24.1 Å². The van der Waals surface area contributed by atoms with E-state index in [1.54, 1.807) is 0 Å². The normalized spacial score (nSPS) is 16.0. The molecule has 2 aromatic carbocycles. The van der Waals surface area contributed by atoms with Crippen molar-refractivity contribution in [2.45, 2.75) is 52.0 Å². The second-order valence-corrected chi connectivity index (χ2v) is 7.52. The SMILES string of the molecule is Cc1ccc(C2(NC(=S)Nc3cc(C)cc(C)c3)CCCC2)cc1. The molecule has 0 radical (unpaired) electrons. The van der Waals surface area contributed by atoms with Gasteiger partial charge in [-0.25, -0.2) is 0 Å². The summed E-state index contributed by atoms with van der Waals surface area (Å²) in [6.45, 7) is 6.35. The monoisotopic (exact) mass is 338 g/mol. The van der Waals surface area contributed by atoms with Crippen LogP contribution >= 0.6 is 12.2 Å². The van der Waals surface area contributed by atoms with E-state index in [0.29, 0.717) is 5.11 Å². The highest BCUT2D eigenvalue weighted by molar-refractivity contribution is 7.80. The zero-order valence-corrected chi connectivity index (χ0v) is 15.6. The van der Waals surface area contributed by atoms with Gasteiger partial charge >= 0.3 is 0 Å². The molecule has 0 aliphatic heterocycles. The fourth-order valence-corrected chi connectivity index (χ4v) is 4.08. The Labute approximate surface area is 150 Å². The van der Waals surface area contributed by atoms with Gasteiger partial charge in [0.25, 0.3) is 0 Å². The third kappa shape index (κ3) is 3.78. The van der Waals surface area contributed by atoms with Gasteiger partial charge in [-0.1, -0.05) is 48.7 Å². The van der Waals surface area contributed by atoms with Crippen LogP contribution in [-0.2, 0) is 5.54 Å². The zero-order valence-electron chi connectivity index (χ0n) is 14.8. The first-order chi connectivity index (χ1) is 11.5. The van der Waals surface area contributed by atoms with Crippen LogP contribution in [-0.4, -0.2) is 5.11 Å². The molecule has 0 aromatic heterocycles. The van der Waals surface area contributed by atoms with Crippen LogP contribution in [0.4, 0.5) is 5.69 Å². The molecule has 2 nitrogen and oxygen atoms in total. The van der Waals surface area contributed by atoms with E-state index in [-0.39, 0.29) is 5.54 Å². The molecule has 1 fully saturated rings. The quantitative estimate of drug-likeness (QED) is 0.736. The maximum absolute atomic E-state index is 5.63. The third-order valence-electron chi connectivity index (χ3n) is 4.89. The largest absolute Gasteiger partial charge is 0.353 e. The summed E-state index contributed by atoms with van der Waals surface area (Å²) in [7, 11) is 0. The molecule has 3 heteroatoms. The van der Waals surface area contributed by atoms with E-state index in [0.717, 1.165) is 18.5 Å². The van der Waals surface area contributed by atoms with Gasteiger partial charge in [0.15, 0.2) is 5.11 Å². The van der Waals surface area contributed by atoms with Crippen LogP contribution in [0, 0.1) is 20.8 Å². The van der Waals surface area contributed by atoms with Crippen LogP contribution in [0.3, 0.4) is 0 Å². The van der Waals surface area contributed by atoms with Crippen LogP contribution < -0.4 is 10.6 Å². The van der Waals surface area contributed by atoms with Crippen molar-refractivity contribution in [3.63, 3.8) is 0 Å². The first-order valence-corrected chi connectivity index (χ1v) is 9.12. The molecule has 2 aromatic rings. The summed E-state index contributed by atoms with van der Waals surface area (Å²) in [4.78, 5) is 0. The lowest BCUT2D eigenvalue weighted by Crippen LogP contribution is -2.45. The molecule has 1 aliphatic carbocycles. The van der Waals surface area contributed by atoms with Gasteiger partial charge in [-0.05, 0) is 74.7 Å². The molecule has 2 N–H and O–H groups in total. The highest BCUT2D eigenvalue weighted by Crippen LogP contribution is 2.39. The summed E-state index contributed by atoms with van der Waals surface area (Å²) in [6, 6.07) is 15.3. The Morgan fingerprint density at radius 1 is 0.875 bits per heavy atom. The Bertz CT molecular complexity index is 708. The Morgan fingerprint density at radius 3 is 2.04 bits per heavy atom. The maximum atomic E-state index is 5.63. The minimum atomic E-state index is -0.0311. The molecular formula is C21H26N2S. The second kappa shape index (κ2) is 6.94. The van der Waals surface area contributed by atoms with Crippen molar-refractivity contribution in [1.82, 2.24) is 5.32 Å². The lowest BCUT2D eigenvalue weighted by atomic mass is 9.88. The van der Waals surface area contributed by atoms with Crippen molar-refractivity contribution in [3.05, 3.63) is 64.7 Å². The van der Waals surface area contributed by atoms with Crippen molar-refractivity contribution in [1.29, 1.82) is 0 Å². The number of hydrogen-bond acceptors (Lipinski definition) is 1. The number of thiocarbonyl (C=S) groups is 1. The fraction of sp³-hybridized carbons (Fsp3) is 0.381. The van der Waals surface area contributed by atoms with Crippen LogP contribution in [0.2, 0.25) is 0 Å². The van der Waals surface area contributed by atoms with Crippen molar-refractivity contribution >= 4 is 23.0 Å². The predicted molar refractivity (Wildman–Crippen MR) is 107 cm³/mol. The summed E-state index contributed by atoms with van der Waals surface area (Å²) < 4.78 is 0. The molecule has 1 aliphatic rings.